The number of H-pyrrole nitrogens is 2. The molecule has 0 atom stereocenters. The fourth-order valence-corrected chi connectivity index (χ4v) is 1.80. The summed E-state index contributed by atoms with van der Waals surface area (Å²) in [7, 11) is 0. The SMILES string of the molecule is CC(=NNC(=O)Cc1c(C)[nH][nH]c1=O)c1ccc(O)cc1. The Morgan fingerprint density at radius 2 is 1.95 bits per heavy atom. The lowest BCUT2D eigenvalue weighted by Crippen LogP contribution is -2.24. The van der Waals surface area contributed by atoms with Crippen molar-refractivity contribution in [3.05, 3.63) is 51.4 Å². The van der Waals surface area contributed by atoms with Crippen LogP contribution in [0.25, 0.3) is 0 Å². The van der Waals surface area contributed by atoms with Crippen LogP contribution in [0.4, 0.5) is 0 Å². The molecule has 1 heterocycles. The van der Waals surface area contributed by atoms with Crippen molar-refractivity contribution >= 4 is 11.6 Å². The van der Waals surface area contributed by atoms with Crippen LogP contribution >= 0.6 is 0 Å². The van der Waals surface area contributed by atoms with E-state index in [0.29, 0.717) is 17.0 Å². The molecular weight excluding hydrogens is 272 g/mol. The molecule has 1 aromatic carbocycles. The molecule has 0 aliphatic carbocycles. The third-order valence-electron chi connectivity index (χ3n) is 3.06. The number of aryl methyl sites for hydroxylation is 1. The molecule has 1 aromatic heterocycles. The summed E-state index contributed by atoms with van der Waals surface area (Å²) in [6, 6.07) is 6.47. The molecule has 2 rings (SSSR count). The molecule has 0 radical (unpaired) electrons. The predicted octanol–water partition coefficient (Wildman–Crippen LogP) is 0.800. The second-order valence-electron chi connectivity index (χ2n) is 4.64. The summed E-state index contributed by atoms with van der Waals surface area (Å²) < 4.78 is 0. The van der Waals surface area contributed by atoms with Gasteiger partial charge in [0.25, 0.3) is 5.56 Å². The zero-order valence-electron chi connectivity index (χ0n) is 11.7. The van der Waals surface area contributed by atoms with Gasteiger partial charge in [-0.15, -0.1) is 0 Å². The van der Waals surface area contributed by atoms with Crippen molar-refractivity contribution in [1.82, 2.24) is 15.6 Å². The first-order chi connectivity index (χ1) is 9.97. The lowest BCUT2D eigenvalue weighted by molar-refractivity contribution is -0.120. The number of carbonyl (C=O) groups is 1. The largest absolute Gasteiger partial charge is 0.508 e. The normalized spacial score (nSPS) is 11.4. The highest BCUT2D eigenvalue weighted by Crippen LogP contribution is 2.10. The lowest BCUT2D eigenvalue weighted by Gasteiger charge is -2.03. The van der Waals surface area contributed by atoms with E-state index in [1.807, 2.05) is 0 Å². The van der Waals surface area contributed by atoms with Crippen molar-refractivity contribution in [3.63, 3.8) is 0 Å². The topological polar surface area (TPSA) is 110 Å². The molecule has 0 aliphatic heterocycles. The molecule has 2 aromatic rings. The molecule has 110 valence electrons. The number of carbonyl (C=O) groups excluding carboxylic acids is 1. The number of phenols is 1. The molecule has 0 bridgehead atoms. The number of aromatic hydroxyl groups is 1. The summed E-state index contributed by atoms with van der Waals surface area (Å²) in [6.07, 6.45) is -0.0446. The van der Waals surface area contributed by atoms with E-state index < -0.39 is 0 Å². The minimum atomic E-state index is -0.374. The maximum atomic E-state index is 11.8. The van der Waals surface area contributed by atoms with Crippen molar-refractivity contribution in [3.8, 4) is 5.75 Å². The molecule has 0 aliphatic rings. The first kappa shape index (κ1) is 14.6. The van der Waals surface area contributed by atoms with Crippen LogP contribution in [-0.4, -0.2) is 26.9 Å². The van der Waals surface area contributed by atoms with E-state index in [1.165, 1.54) is 0 Å². The predicted molar refractivity (Wildman–Crippen MR) is 78.3 cm³/mol. The van der Waals surface area contributed by atoms with Crippen LogP contribution in [0.5, 0.6) is 5.75 Å². The lowest BCUT2D eigenvalue weighted by atomic mass is 10.1. The number of aromatic amines is 2. The average Bonchev–Trinajstić information content (AvgIpc) is 2.77. The number of benzene rings is 1. The van der Waals surface area contributed by atoms with Crippen LogP contribution in [0.15, 0.2) is 34.2 Å². The van der Waals surface area contributed by atoms with E-state index in [1.54, 1.807) is 38.1 Å². The van der Waals surface area contributed by atoms with E-state index in [-0.39, 0.29) is 23.6 Å². The summed E-state index contributed by atoms with van der Waals surface area (Å²) >= 11 is 0. The number of rotatable bonds is 4. The second-order valence-corrected chi connectivity index (χ2v) is 4.64. The van der Waals surface area contributed by atoms with Crippen LogP contribution in [0.3, 0.4) is 0 Å². The number of phenolic OH excluding ortho intramolecular Hbond substituents is 1. The van der Waals surface area contributed by atoms with E-state index in [9.17, 15) is 14.7 Å². The Labute approximate surface area is 120 Å². The number of amides is 1. The number of hydrogen-bond donors (Lipinski definition) is 4. The Hall–Kier alpha value is -2.83. The molecule has 0 saturated carbocycles. The van der Waals surface area contributed by atoms with Gasteiger partial charge in [-0.05, 0) is 43.7 Å². The van der Waals surface area contributed by atoms with Gasteiger partial charge in [-0.2, -0.15) is 5.10 Å². The molecule has 21 heavy (non-hydrogen) atoms. The Kier molecular flexibility index (Phi) is 4.22. The van der Waals surface area contributed by atoms with Gasteiger partial charge >= 0.3 is 0 Å². The Balaban J connectivity index is 2.01. The highest BCUT2D eigenvalue weighted by molar-refractivity contribution is 5.99. The Morgan fingerprint density at radius 3 is 2.52 bits per heavy atom. The fourth-order valence-electron chi connectivity index (χ4n) is 1.80. The van der Waals surface area contributed by atoms with Crippen molar-refractivity contribution in [2.45, 2.75) is 20.3 Å². The number of nitrogens with one attached hydrogen (secondary N) is 3. The number of hydrogen-bond acceptors (Lipinski definition) is 4. The maximum Gasteiger partial charge on any atom is 0.267 e. The summed E-state index contributed by atoms with van der Waals surface area (Å²) in [4.78, 5) is 23.2. The van der Waals surface area contributed by atoms with Crippen molar-refractivity contribution in [2.75, 3.05) is 0 Å². The van der Waals surface area contributed by atoms with Gasteiger partial charge in [0.15, 0.2) is 0 Å². The fraction of sp³-hybridized carbons (Fsp3) is 0.214. The Morgan fingerprint density at radius 1 is 1.29 bits per heavy atom. The average molecular weight is 288 g/mol. The molecule has 7 nitrogen and oxygen atoms in total. The molecular formula is C14H16N4O3. The molecule has 0 unspecified atom stereocenters. The van der Waals surface area contributed by atoms with Gasteiger partial charge in [0.1, 0.15) is 5.75 Å². The Bertz CT molecular complexity index is 725. The molecule has 0 fully saturated rings. The van der Waals surface area contributed by atoms with Crippen LogP contribution in [0.1, 0.15) is 23.7 Å². The summed E-state index contributed by atoms with van der Waals surface area (Å²) in [5, 5.41) is 18.3. The minimum absolute atomic E-state index is 0.0446. The van der Waals surface area contributed by atoms with E-state index in [2.05, 4.69) is 20.7 Å². The third kappa shape index (κ3) is 3.59. The van der Waals surface area contributed by atoms with Crippen molar-refractivity contribution in [1.29, 1.82) is 0 Å². The zero-order valence-corrected chi connectivity index (χ0v) is 11.7. The van der Waals surface area contributed by atoms with Crippen LogP contribution in [0, 0.1) is 6.92 Å². The van der Waals surface area contributed by atoms with Crippen molar-refractivity contribution in [2.24, 2.45) is 5.10 Å². The van der Waals surface area contributed by atoms with Crippen molar-refractivity contribution < 1.29 is 9.90 Å². The molecule has 1 amide bonds. The molecule has 7 heteroatoms. The van der Waals surface area contributed by atoms with Crippen LogP contribution < -0.4 is 11.0 Å². The third-order valence-corrected chi connectivity index (χ3v) is 3.06. The number of nitrogens with zero attached hydrogens (tertiary/aromatic N) is 1. The summed E-state index contributed by atoms with van der Waals surface area (Å²) in [6.45, 7) is 3.45. The smallest absolute Gasteiger partial charge is 0.267 e. The molecule has 0 spiro atoms. The number of aromatic nitrogens is 2. The van der Waals surface area contributed by atoms with Gasteiger partial charge in [0.2, 0.25) is 5.91 Å². The zero-order chi connectivity index (χ0) is 15.4. The van der Waals surface area contributed by atoms with Gasteiger partial charge in [-0.1, -0.05) is 0 Å². The van der Waals surface area contributed by atoms with Gasteiger partial charge in [-0.3, -0.25) is 14.7 Å². The maximum absolute atomic E-state index is 11.8. The van der Waals surface area contributed by atoms with Gasteiger partial charge < -0.3 is 10.2 Å². The molecule has 0 saturated heterocycles. The van der Waals surface area contributed by atoms with Crippen LogP contribution in [-0.2, 0) is 11.2 Å². The number of hydrazone groups is 1. The molecule has 4 N–H and O–H groups in total. The van der Waals surface area contributed by atoms with Gasteiger partial charge in [0.05, 0.1) is 12.1 Å². The first-order valence-corrected chi connectivity index (χ1v) is 6.36. The first-order valence-electron chi connectivity index (χ1n) is 6.36. The van der Waals surface area contributed by atoms with E-state index in [4.69, 9.17) is 0 Å². The van der Waals surface area contributed by atoms with Gasteiger partial charge in [0, 0.05) is 11.3 Å². The summed E-state index contributed by atoms with van der Waals surface area (Å²) in [5.74, 6) is -0.209. The highest BCUT2D eigenvalue weighted by Gasteiger charge is 2.11. The van der Waals surface area contributed by atoms with E-state index in [0.717, 1.165) is 5.56 Å². The summed E-state index contributed by atoms with van der Waals surface area (Å²) in [5.41, 5.74) is 4.51. The minimum Gasteiger partial charge on any atom is -0.508 e. The standard InChI is InChI=1S/C14H16N4O3/c1-8(10-3-5-11(19)6-4-10)15-17-13(20)7-12-9(2)16-18-14(12)21/h3-6,19H,7H2,1-2H3,(H,17,20)(H2,16,18,21). The van der Waals surface area contributed by atoms with Gasteiger partial charge in [-0.25, -0.2) is 5.43 Å². The second kappa shape index (κ2) is 6.08. The highest BCUT2D eigenvalue weighted by atomic mass is 16.3. The quantitative estimate of drug-likeness (QED) is 0.493. The van der Waals surface area contributed by atoms with Crippen LogP contribution in [0.2, 0.25) is 0 Å². The van der Waals surface area contributed by atoms with E-state index >= 15 is 0 Å². The monoisotopic (exact) mass is 288 g/mol.